The van der Waals surface area contributed by atoms with Gasteiger partial charge in [-0.1, -0.05) is 42.2 Å². The zero-order valence-electron chi connectivity index (χ0n) is 14.2. The van der Waals surface area contributed by atoms with Gasteiger partial charge in [0.2, 0.25) is 0 Å². The van der Waals surface area contributed by atoms with Gasteiger partial charge >= 0.3 is 0 Å². The minimum Gasteiger partial charge on any atom is -0.322 e. The van der Waals surface area contributed by atoms with Gasteiger partial charge in [0.15, 0.2) is 0 Å². The van der Waals surface area contributed by atoms with Crippen LogP contribution in [0.25, 0.3) is 0 Å². The predicted molar refractivity (Wildman–Crippen MR) is 96.1 cm³/mol. The number of anilines is 1. The summed E-state index contributed by atoms with van der Waals surface area (Å²) < 4.78 is 0. The molecule has 0 atom stereocenters. The quantitative estimate of drug-likeness (QED) is 0.876. The Morgan fingerprint density at radius 3 is 2.17 bits per heavy atom. The Morgan fingerprint density at radius 1 is 1.04 bits per heavy atom. The van der Waals surface area contributed by atoms with E-state index in [-0.39, 0.29) is 11.3 Å². The van der Waals surface area contributed by atoms with E-state index in [0.717, 1.165) is 48.1 Å². The topological polar surface area (TPSA) is 52.9 Å². The summed E-state index contributed by atoms with van der Waals surface area (Å²) in [6.07, 6.45) is 4.08. The van der Waals surface area contributed by atoms with Gasteiger partial charge in [0.05, 0.1) is 11.5 Å². The zero-order chi connectivity index (χ0) is 17.2. The third-order valence-corrected chi connectivity index (χ3v) is 4.85. The Hall–Kier alpha value is -2.60. The Labute approximate surface area is 143 Å². The fourth-order valence-electron chi connectivity index (χ4n) is 3.63. The smallest absolute Gasteiger partial charge is 0.255 e. The van der Waals surface area contributed by atoms with Crippen molar-refractivity contribution in [3.63, 3.8) is 0 Å². The minimum absolute atomic E-state index is 0.106. The first-order valence-electron chi connectivity index (χ1n) is 8.44. The molecule has 1 fully saturated rings. The highest BCUT2D eigenvalue weighted by molar-refractivity contribution is 6.04. The van der Waals surface area contributed by atoms with Crippen LogP contribution in [0.4, 0.5) is 5.69 Å². The second-order valence-electron chi connectivity index (χ2n) is 6.81. The van der Waals surface area contributed by atoms with E-state index >= 15 is 0 Å². The van der Waals surface area contributed by atoms with Crippen molar-refractivity contribution < 1.29 is 4.79 Å². The number of carbonyl (C=O) groups excluding carboxylic acids is 1. The number of hydrogen-bond donors (Lipinski definition) is 1. The Kier molecular flexibility index (Phi) is 4.40. The molecule has 1 saturated carbocycles. The van der Waals surface area contributed by atoms with Gasteiger partial charge in [-0.05, 0) is 56.5 Å². The number of nitrogens with zero attached hydrogens (tertiary/aromatic N) is 1. The fourth-order valence-corrected chi connectivity index (χ4v) is 3.63. The molecule has 3 heteroatoms. The molecular formula is C21H22N2O. The van der Waals surface area contributed by atoms with Crippen LogP contribution in [0.1, 0.15) is 52.7 Å². The van der Waals surface area contributed by atoms with E-state index in [4.69, 9.17) is 0 Å². The molecule has 0 heterocycles. The molecule has 0 saturated heterocycles. The Morgan fingerprint density at radius 2 is 1.62 bits per heavy atom. The summed E-state index contributed by atoms with van der Waals surface area (Å²) in [7, 11) is 0. The summed E-state index contributed by atoms with van der Waals surface area (Å²) in [6.45, 7) is 3.98. The van der Waals surface area contributed by atoms with Crippen LogP contribution in [-0.2, 0) is 5.41 Å². The molecule has 0 radical (unpaired) electrons. The number of amides is 1. The molecule has 2 aromatic carbocycles. The van der Waals surface area contributed by atoms with Crippen molar-refractivity contribution in [1.82, 2.24) is 0 Å². The SMILES string of the molecule is Cc1cc(C)cc(C(=O)Nc2ccc(C3(C#N)CCCC3)cc2)c1. The molecule has 0 unspecified atom stereocenters. The zero-order valence-corrected chi connectivity index (χ0v) is 14.2. The van der Waals surface area contributed by atoms with Gasteiger partial charge in [-0.15, -0.1) is 0 Å². The van der Waals surface area contributed by atoms with Crippen LogP contribution in [0.2, 0.25) is 0 Å². The second-order valence-corrected chi connectivity index (χ2v) is 6.81. The summed E-state index contributed by atoms with van der Waals surface area (Å²) in [4.78, 5) is 12.4. The molecule has 0 aromatic heterocycles. The number of aryl methyl sites for hydroxylation is 2. The van der Waals surface area contributed by atoms with Crippen LogP contribution >= 0.6 is 0 Å². The van der Waals surface area contributed by atoms with E-state index in [9.17, 15) is 10.1 Å². The van der Waals surface area contributed by atoms with Crippen molar-refractivity contribution >= 4 is 11.6 Å². The van der Waals surface area contributed by atoms with Crippen LogP contribution in [-0.4, -0.2) is 5.91 Å². The van der Waals surface area contributed by atoms with Crippen molar-refractivity contribution in [1.29, 1.82) is 5.26 Å². The normalized spacial score (nSPS) is 15.7. The standard InChI is InChI=1S/C21H22N2O/c1-15-11-16(2)13-17(12-15)20(24)23-19-7-5-18(6-8-19)21(14-22)9-3-4-10-21/h5-8,11-13H,3-4,9-10H2,1-2H3,(H,23,24). The summed E-state index contributed by atoms with van der Waals surface area (Å²) >= 11 is 0. The maximum Gasteiger partial charge on any atom is 0.255 e. The molecule has 1 amide bonds. The van der Waals surface area contributed by atoms with Gasteiger partial charge in [-0.3, -0.25) is 4.79 Å². The van der Waals surface area contributed by atoms with Crippen LogP contribution in [0.15, 0.2) is 42.5 Å². The molecule has 1 aliphatic carbocycles. The number of carbonyl (C=O) groups is 1. The third kappa shape index (κ3) is 3.19. The van der Waals surface area contributed by atoms with Gasteiger partial charge in [0.1, 0.15) is 0 Å². The number of nitrogens with one attached hydrogen (secondary N) is 1. The van der Waals surface area contributed by atoms with E-state index in [1.54, 1.807) is 0 Å². The van der Waals surface area contributed by atoms with Crippen molar-refractivity contribution in [2.45, 2.75) is 44.9 Å². The van der Waals surface area contributed by atoms with E-state index in [1.807, 2.05) is 50.2 Å². The lowest BCUT2D eigenvalue weighted by molar-refractivity contribution is 0.102. The van der Waals surface area contributed by atoms with Crippen LogP contribution in [0.3, 0.4) is 0 Å². The highest BCUT2D eigenvalue weighted by atomic mass is 16.1. The lowest BCUT2D eigenvalue weighted by Crippen LogP contribution is -2.19. The first-order chi connectivity index (χ1) is 11.5. The number of hydrogen-bond acceptors (Lipinski definition) is 2. The lowest BCUT2D eigenvalue weighted by atomic mass is 9.80. The molecule has 3 nitrogen and oxygen atoms in total. The summed E-state index contributed by atoms with van der Waals surface area (Å²) in [5.41, 5.74) is 4.30. The van der Waals surface area contributed by atoms with E-state index in [0.29, 0.717) is 5.56 Å². The van der Waals surface area contributed by atoms with Crippen LogP contribution < -0.4 is 5.32 Å². The van der Waals surface area contributed by atoms with E-state index in [2.05, 4.69) is 17.5 Å². The summed E-state index contributed by atoms with van der Waals surface area (Å²) in [5.74, 6) is -0.106. The number of benzene rings is 2. The molecule has 0 bridgehead atoms. The van der Waals surface area contributed by atoms with E-state index in [1.165, 1.54) is 0 Å². The average Bonchev–Trinajstić information content (AvgIpc) is 3.05. The highest BCUT2D eigenvalue weighted by Crippen LogP contribution is 2.40. The van der Waals surface area contributed by atoms with Crippen molar-refractivity contribution in [3.8, 4) is 6.07 Å². The Balaban J connectivity index is 1.77. The first kappa shape index (κ1) is 16.3. The van der Waals surface area contributed by atoms with Crippen LogP contribution in [0.5, 0.6) is 0 Å². The highest BCUT2D eigenvalue weighted by Gasteiger charge is 2.35. The third-order valence-electron chi connectivity index (χ3n) is 4.85. The molecule has 0 spiro atoms. The van der Waals surface area contributed by atoms with Gasteiger partial charge < -0.3 is 5.32 Å². The van der Waals surface area contributed by atoms with Gasteiger partial charge in [0, 0.05) is 11.3 Å². The van der Waals surface area contributed by atoms with Gasteiger partial charge in [-0.25, -0.2) is 0 Å². The monoisotopic (exact) mass is 318 g/mol. The van der Waals surface area contributed by atoms with Crippen LogP contribution in [0, 0.1) is 25.2 Å². The Bertz CT molecular complexity index is 773. The minimum atomic E-state index is -0.337. The summed E-state index contributed by atoms with van der Waals surface area (Å²) in [6, 6.07) is 16.1. The first-order valence-corrected chi connectivity index (χ1v) is 8.44. The second kappa shape index (κ2) is 6.49. The molecule has 122 valence electrons. The number of rotatable bonds is 3. The predicted octanol–water partition coefficient (Wildman–Crippen LogP) is 4.89. The molecule has 24 heavy (non-hydrogen) atoms. The largest absolute Gasteiger partial charge is 0.322 e. The maximum absolute atomic E-state index is 12.4. The molecule has 1 N–H and O–H groups in total. The molecule has 3 rings (SSSR count). The average molecular weight is 318 g/mol. The van der Waals surface area contributed by atoms with Crippen molar-refractivity contribution in [3.05, 3.63) is 64.7 Å². The molecule has 1 aliphatic rings. The van der Waals surface area contributed by atoms with Gasteiger partial charge in [-0.2, -0.15) is 5.26 Å². The number of nitriles is 1. The van der Waals surface area contributed by atoms with Crippen molar-refractivity contribution in [2.75, 3.05) is 5.32 Å². The molecular weight excluding hydrogens is 296 g/mol. The summed E-state index contributed by atoms with van der Waals surface area (Å²) in [5, 5.41) is 12.5. The lowest BCUT2D eigenvalue weighted by Gasteiger charge is -2.21. The van der Waals surface area contributed by atoms with Gasteiger partial charge in [0.25, 0.3) is 5.91 Å². The van der Waals surface area contributed by atoms with E-state index < -0.39 is 0 Å². The molecule has 2 aromatic rings. The molecule has 0 aliphatic heterocycles. The van der Waals surface area contributed by atoms with Crippen molar-refractivity contribution in [2.24, 2.45) is 0 Å². The maximum atomic E-state index is 12.4. The fraction of sp³-hybridized carbons (Fsp3) is 0.333.